The van der Waals surface area contributed by atoms with Crippen LogP contribution in [0.25, 0.3) is 0 Å². The molecule has 0 bridgehead atoms. The standard InChI is InChI=1S/C25H46N2O2/c1-4-5-6-8-11-19-14-15-22-21(16-19)24(20-12-9-7-10-13-20)18(2)25(26-22)27(3)17-23(28)29/h18-22,24-26H,4-17H2,1-3H3,(H,28,29). The van der Waals surface area contributed by atoms with Crippen LogP contribution in [0.3, 0.4) is 0 Å². The second-order valence-corrected chi connectivity index (χ2v) is 10.6. The lowest BCUT2D eigenvalue weighted by atomic mass is 9.59. The van der Waals surface area contributed by atoms with Crippen molar-refractivity contribution >= 4 is 5.97 Å². The number of hydrogen-bond donors (Lipinski definition) is 2. The maximum atomic E-state index is 11.3. The van der Waals surface area contributed by atoms with E-state index >= 15 is 0 Å². The van der Waals surface area contributed by atoms with Gasteiger partial charge in [-0.25, -0.2) is 0 Å². The number of unbranched alkanes of at least 4 members (excludes halogenated alkanes) is 3. The van der Waals surface area contributed by atoms with Crippen molar-refractivity contribution in [2.24, 2.45) is 29.6 Å². The minimum absolute atomic E-state index is 0.136. The number of rotatable bonds is 9. The minimum atomic E-state index is -0.714. The molecule has 0 aromatic rings. The van der Waals surface area contributed by atoms with Gasteiger partial charge in [-0.3, -0.25) is 15.0 Å². The van der Waals surface area contributed by atoms with E-state index < -0.39 is 5.97 Å². The van der Waals surface area contributed by atoms with E-state index in [4.69, 9.17) is 0 Å². The Morgan fingerprint density at radius 3 is 2.52 bits per heavy atom. The smallest absolute Gasteiger partial charge is 0.317 e. The summed E-state index contributed by atoms with van der Waals surface area (Å²) >= 11 is 0. The van der Waals surface area contributed by atoms with Crippen molar-refractivity contribution < 1.29 is 9.90 Å². The van der Waals surface area contributed by atoms with Crippen molar-refractivity contribution in [3.63, 3.8) is 0 Å². The Labute approximate surface area is 179 Å². The van der Waals surface area contributed by atoms with Gasteiger partial charge in [-0.1, -0.05) is 78.1 Å². The quantitative estimate of drug-likeness (QED) is 0.495. The molecule has 3 fully saturated rings. The summed E-state index contributed by atoms with van der Waals surface area (Å²) in [5.41, 5.74) is 0. The first-order valence-electron chi connectivity index (χ1n) is 12.7. The maximum Gasteiger partial charge on any atom is 0.317 e. The van der Waals surface area contributed by atoms with E-state index in [0.29, 0.717) is 12.0 Å². The van der Waals surface area contributed by atoms with Crippen molar-refractivity contribution in [2.75, 3.05) is 13.6 Å². The lowest BCUT2D eigenvalue weighted by Crippen LogP contribution is -2.64. The van der Waals surface area contributed by atoms with Crippen LogP contribution >= 0.6 is 0 Å². The number of carboxylic acid groups (broad SMARTS) is 1. The molecule has 0 radical (unpaired) electrons. The zero-order chi connectivity index (χ0) is 20.8. The Balaban J connectivity index is 1.70. The molecule has 2 saturated carbocycles. The van der Waals surface area contributed by atoms with Crippen molar-refractivity contribution in [3.05, 3.63) is 0 Å². The monoisotopic (exact) mass is 406 g/mol. The SMILES string of the molecule is CCCCCCC1CCC2NC(N(C)CC(=O)O)C(C)C(C3CCCCC3)C2C1. The average Bonchev–Trinajstić information content (AvgIpc) is 2.71. The number of nitrogens with zero attached hydrogens (tertiary/aromatic N) is 1. The maximum absolute atomic E-state index is 11.3. The van der Waals surface area contributed by atoms with Crippen LogP contribution in [-0.4, -0.2) is 41.8 Å². The molecule has 1 saturated heterocycles. The summed E-state index contributed by atoms with van der Waals surface area (Å²) in [5.74, 6) is 3.15. The Bertz CT molecular complexity index is 505. The fourth-order valence-corrected chi connectivity index (χ4v) is 7.16. The summed E-state index contributed by atoms with van der Waals surface area (Å²) in [7, 11) is 2.00. The van der Waals surface area contributed by atoms with Crippen LogP contribution < -0.4 is 5.32 Å². The van der Waals surface area contributed by atoms with Gasteiger partial charge in [0, 0.05) is 6.04 Å². The Morgan fingerprint density at radius 2 is 1.83 bits per heavy atom. The van der Waals surface area contributed by atoms with Crippen molar-refractivity contribution in [1.29, 1.82) is 0 Å². The molecule has 0 aromatic heterocycles. The van der Waals surface area contributed by atoms with E-state index in [9.17, 15) is 9.90 Å². The Hall–Kier alpha value is -0.610. The van der Waals surface area contributed by atoms with Crippen LogP contribution in [0.1, 0.15) is 97.3 Å². The normalized spacial score (nSPS) is 36.1. The molecular formula is C25H46N2O2. The average molecular weight is 407 g/mol. The van der Waals surface area contributed by atoms with E-state index in [0.717, 1.165) is 23.7 Å². The van der Waals surface area contributed by atoms with Gasteiger partial charge in [0.15, 0.2) is 0 Å². The molecule has 1 aliphatic heterocycles. The third-order valence-corrected chi connectivity index (χ3v) is 8.51. The van der Waals surface area contributed by atoms with Crippen LogP contribution in [0.5, 0.6) is 0 Å². The van der Waals surface area contributed by atoms with Gasteiger partial charge in [-0.2, -0.15) is 0 Å². The molecule has 6 unspecified atom stereocenters. The van der Waals surface area contributed by atoms with Crippen molar-refractivity contribution in [2.45, 2.75) is 110 Å². The van der Waals surface area contributed by atoms with Crippen LogP contribution in [-0.2, 0) is 4.79 Å². The molecule has 6 atom stereocenters. The van der Waals surface area contributed by atoms with Gasteiger partial charge in [-0.05, 0) is 55.9 Å². The number of carbonyl (C=O) groups is 1. The molecule has 2 aliphatic carbocycles. The summed E-state index contributed by atoms with van der Waals surface area (Å²) in [6, 6.07) is 0.589. The topological polar surface area (TPSA) is 52.6 Å². The second-order valence-electron chi connectivity index (χ2n) is 10.6. The highest BCUT2D eigenvalue weighted by atomic mass is 16.4. The zero-order valence-electron chi connectivity index (χ0n) is 19.2. The number of hydrogen-bond acceptors (Lipinski definition) is 3. The van der Waals surface area contributed by atoms with Gasteiger partial charge in [0.2, 0.25) is 0 Å². The fourth-order valence-electron chi connectivity index (χ4n) is 7.16. The summed E-state index contributed by atoms with van der Waals surface area (Å²) in [6.45, 7) is 4.85. The summed E-state index contributed by atoms with van der Waals surface area (Å²) in [6.07, 6.45) is 18.2. The number of fused-ring (bicyclic) bond motifs is 1. The summed E-state index contributed by atoms with van der Waals surface area (Å²) in [5, 5.41) is 13.3. The van der Waals surface area contributed by atoms with Gasteiger partial charge >= 0.3 is 5.97 Å². The second kappa shape index (κ2) is 11.1. The van der Waals surface area contributed by atoms with Gasteiger partial charge in [-0.15, -0.1) is 0 Å². The molecule has 4 nitrogen and oxygen atoms in total. The fraction of sp³-hybridized carbons (Fsp3) is 0.960. The summed E-state index contributed by atoms with van der Waals surface area (Å²) < 4.78 is 0. The predicted molar refractivity (Wildman–Crippen MR) is 120 cm³/mol. The Kier molecular flexibility index (Phi) is 8.85. The molecular weight excluding hydrogens is 360 g/mol. The predicted octanol–water partition coefficient (Wildman–Crippen LogP) is 5.52. The highest BCUT2D eigenvalue weighted by Gasteiger charge is 2.48. The number of carboxylic acids is 1. The van der Waals surface area contributed by atoms with Gasteiger partial charge in [0.1, 0.15) is 0 Å². The molecule has 3 rings (SSSR count). The molecule has 0 amide bonds. The van der Waals surface area contributed by atoms with E-state index in [-0.39, 0.29) is 12.7 Å². The summed E-state index contributed by atoms with van der Waals surface area (Å²) in [4.78, 5) is 13.4. The minimum Gasteiger partial charge on any atom is -0.480 e. The number of piperidine rings is 1. The van der Waals surface area contributed by atoms with Crippen molar-refractivity contribution in [1.82, 2.24) is 10.2 Å². The number of nitrogens with one attached hydrogen (secondary N) is 1. The van der Waals surface area contributed by atoms with Crippen LogP contribution in [0.15, 0.2) is 0 Å². The van der Waals surface area contributed by atoms with Crippen LogP contribution in [0.2, 0.25) is 0 Å². The third-order valence-electron chi connectivity index (χ3n) is 8.51. The molecule has 168 valence electrons. The highest BCUT2D eigenvalue weighted by molar-refractivity contribution is 5.69. The number of likely N-dealkylation sites (N-methyl/N-ethyl adjacent to an activating group) is 1. The molecule has 0 spiro atoms. The lowest BCUT2D eigenvalue weighted by Gasteiger charge is -2.55. The molecule has 29 heavy (non-hydrogen) atoms. The van der Waals surface area contributed by atoms with Crippen LogP contribution in [0.4, 0.5) is 0 Å². The molecule has 4 heteroatoms. The largest absolute Gasteiger partial charge is 0.480 e. The Morgan fingerprint density at radius 1 is 1.07 bits per heavy atom. The van der Waals surface area contributed by atoms with Crippen LogP contribution in [0, 0.1) is 29.6 Å². The number of aliphatic carboxylic acids is 1. The molecule has 3 aliphatic rings. The van der Waals surface area contributed by atoms with E-state index in [1.165, 1.54) is 83.5 Å². The van der Waals surface area contributed by atoms with E-state index in [2.05, 4.69) is 24.1 Å². The lowest BCUT2D eigenvalue weighted by molar-refractivity contribution is -0.140. The zero-order valence-corrected chi connectivity index (χ0v) is 19.2. The van der Waals surface area contributed by atoms with Gasteiger partial charge in [0.25, 0.3) is 0 Å². The third kappa shape index (κ3) is 5.97. The van der Waals surface area contributed by atoms with Gasteiger partial charge in [0.05, 0.1) is 12.7 Å². The van der Waals surface area contributed by atoms with E-state index in [1.807, 2.05) is 7.05 Å². The van der Waals surface area contributed by atoms with Crippen molar-refractivity contribution in [3.8, 4) is 0 Å². The highest BCUT2D eigenvalue weighted by Crippen LogP contribution is 2.49. The molecule has 0 aromatic carbocycles. The first kappa shape index (κ1) is 23.1. The first-order valence-corrected chi connectivity index (χ1v) is 12.7. The molecule has 2 N–H and O–H groups in total. The van der Waals surface area contributed by atoms with Gasteiger partial charge < -0.3 is 5.11 Å². The van der Waals surface area contributed by atoms with E-state index in [1.54, 1.807) is 0 Å². The molecule has 1 heterocycles. The first-order chi connectivity index (χ1) is 14.0.